The monoisotopic (exact) mass is 295 g/mol. The average molecular weight is 296 g/mol. The first-order chi connectivity index (χ1) is 9.73. The third-order valence-corrected chi connectivity index (χ3v) is 4.57. The minimum Gasteiger partial charge on any atom is -0.373 e. The zero-order valence-electron chi connectivity index (χ0n) is 12.6. The van der Waals surface area contributed by atoms with Gasteiger partial charge in [-0.3, -0.25) is 0 Å². The summed E-state index contributed by atoms with van der Waals surface area (Å²) in [6, 6.07) is 8.36. The fourth-order valence-corrected chi connectivity index (χ4v) is 3.60. The lowest BCUT2D eigenvalue weighted by atomic mass is 9.86. The van der Waals surface area contributed by atoms with Crippen molar-refractivity contribution in [3.05, 3.63) is 34.9 Å². The van der Waals surface area contributed by atoms with Crippen LogP contribution < -0.4 is 5.32 Å². The normalized spacial score (nSPS) is 19.1. The second-order valence-electron chi connectivity index (χ2n) is 5.61. The molecule has 1 aromatic carbocycles. The van der Waals surface area contributed by atoms with Crippen LogP contribution in [0.25, 0.3) is 0 Å². The van der Waals surface area contributed by atoms with Crippen LogP contribution in [0.1, 0.15) is 57.6 Å². The highest BCUT2D eigenvalue weighted by molar-refractivity contribution is 6.31. The molecule has 1 aliphatic carbocycles. The highest BCUT2D eigenvalue weighted by Crippen LogP contribution is 2.44. The van der Waals surface area contributed by atoms with Gasteiger partial charge in [0.1, 0.15) is 0 Å². The van der Waals surface area contributed by atoms with Crippen LogP contribution in [-0.4, -0.2) is 18.8 Å². The standard InChI is InChI=1S/C17H26ClNO/c1-3-13-19-16(14-9-5-6-10-15(14)18)17(20-4-2)11-7-8-12-17/h5-6,9-10,16,19H,3-4,7-8,11-13H2,1-2H3. The summed E-state index contributed by atoms with van der Waals surface area (Å²) in [5, 5.41) is 4.52. The van der Waals surface area contributed by atoms with Gasteiger partial charge in [0.05, 0.1) is 11.6 Å². The summed E-state index contributed by atoms with van der Waals surface area (Å²) in [5.74, 6) is 0. The van der Waals surface area contributed by atoms with E-state index in [-0.39, 0.29) is 11.6 Å². The summed E-state index contributed by atoms with van der Waals surface area (Å²) < 4.78 is 6.24. The maximum atomic E-state index is 6.44. The largest absolute Gasteiger partial charge is 0.373 e. The fraction of sp³-hybridized carbons (Fsp3) is 0.647. The van der Waals surface area contributed by atoms with Gasteiger partial charge in [0.15, 0.2) is 0 Å². The van der Waals surface area contributed by atoms with E-state index < -0.39 is 0 Å². The Hall–Kier alpha value is -0.570. The van der Waals surface area contributed by atoms with E-state index >= 15 is 0 Å². The van der Waals surface area contributed by atoms with Gasteiger partial charge >= 0.3 is 0 Å². The van der Waals surface area contributed by atoms with Crippen molar-refractivity contribution in [3.8, 4) is 0 Å². The van der Waals surface area contributed by atoms with Gasteiger partial charge < -0.3 is 10.1 Å². The fourth-order valence-electron chi connectivity index (χ4n) is 3.35. The molecular formula is C17H26ClNO. The molecule has 2 nitrogen and oxygen atoms in total. The highest BCUT2D eigenvalue weighted by Gasteiger charge is 2.43. The first kappa shape index (κ1) is 15.8. The second kappa shape index (κ2) is 7.44. The number of hydrogen-bond donors (Lipinski definition) is 1. The van der Waals surface area contributed by atoms with E-state index in [2.05, 4.69) is 31.3 Å². The molecule has 1 aromatic rings. The van der Waals surface area contributed by atoms with Crippen LogP contribution in [0.3, 0.4) is 0 Å². The number of benzene rings is 1. The maximum Gasteiger partial charge on any atom is 0.0876 e. The van der Waals surface area contributed by atoms with E-state index in [4.69, 9.17) is 16.3 Å². The van der Waals surface area contributed by atoms with Gasteiger partial charge in [0.2, 0.25) is 0 Å². The van der Waals surface area contributed by atoms with Gasteiger partial charge in [-0.2, -0.15) is 0 Å². The third kappa shape index (κ3) is 3.36. The van der Waals surface area contributed by atoms with Gasteiger partial charge in [-0.15, -0.1) is 0 Å². The summed E-state index contributed by atoms with van der Waals surface area (Å²) >= 11 is 6.44. The number of nitrogens with one attached hydrogen (secondary N) is 1. The zero-order chi connectivity index (χ0) is 14.4. The molecule has 1 unspecified atom stereocenters. The van der Waals surface area contributed by atoms with Crippen molar-refractivity contribution in [2.75, 3.05) is 13.2 Å². The van der Waals surface area contributed by atoms with E-state index in [1.807, 2.05) is 12.1 Å². The average Bonchev–Trinajstić information content (AvgIpc) is 2.91. The summed E-state index contributed by atoms with van der Waals surface area (Å²) in [5.41, 5.74) is 1.09. The van der Waals surface area contributed by atoms with Crippen LogP contribution in [-0.2, 0) is 4.74 Å². The molecule has 3 heteroatoms. The number of halogens is 1. The Balaban J connectivity index is 2.33. The lowest BCUT2D eigenvalue weighted by Gasteiger charge is -2.38. The summed E-state index contributed by atoms with van der Waals surface area (Å²) in [6.45, 7) is 6.03. The van der Waals surface area contributed by atoms with Crippen molar-refractivity contribution < 1.29 is 4.74 Å². The Morgan fingerprint density at radius 2 is 1.95 bits per heavy atom. The molecule has 1 saturated carbocycles. The molecule has 0 amide bonds. The smallest absolute Gasteiger partial charge is 0.0876 e. The SMILES string of the molecule is CCCNC(c1ccccc1Cl)C1(OCC)CCCC1. The van der Waals surface area contributed by atoms with Crippen LogP contribution in [0.2, 0.25) is 5.02 Å². The van der Waals surface area contributed by atoms with Gasteiger partial charge in [0.25, 0.3) is 0 Å². The Bertz CT molecular complexity index is 415. The minimum atomic E-state index is -0.0884. The summed E-state index contributed by atoms with van der Waals surface area (Å²) in [6.07, 6.45) is 5.84. The molecule has 0 bridgehead atoms. The molecule has 1 aliphatic rings. The van der Waals surface area contributed by atoms with E-state index in [1.54, 1.807) is 0 Å². The molecule has 1 N–H and O–H groups in total. The molecule has 112 valence electrons. The van der Waals surface area contributed by atoms with Crippen LogP contribution in [0.5, 0.6) is 0 Å². The number of hydrogen-bond acceptors (Lipinski definition) is 2. The van der Waals surface area contributed by atoms with Gasteiger partial charge in [-0.25, -0.2) is 0 Å². The predicted molar refractivity (Wildman–Crippen MR) is 85.3 cm³/mol. The Morgan fingerprint density at radius 1 is 1.25 bits per heavy atom. The van der Waals surface area contributed by atoms with E-state index in [1.165, 1.54) is 18.4 Å². The molecule has 0 radical (unpaired) electrons. The van der Waals surface area contributed by atoms with Gasteiger partial charge in [0, 0.05) is 11.6 Å². The molecule has 0 aromatic heterocycles. The first-order valence-electron chi connectivity index (χ1n) is 7.85. The van der Waals surface area contributed by atoms with Crippen molar-refractivity contribution in [3.63, 3.8) is 0 Å². The topological polar surface area (TPSA) is 21.3 Å². The van der Waals surface area contributed by atoms with E-state index in [0.717, 1.165) is 37.4 Å². The molecule has 20 heavy (non-hydrogen) atoms. The van der Waals surface area contributed by atoms with Crippen LogP contribution in [0.15, 0.2) is 24.3 Å². The molecule has 0 aliphatic heterocycles. The zero-order valence-corrected chi connectivity index (χ0v) is 13.4. The van der Waals surface area contributed by atoms with Crippen molar-refractivity contribution in [2.24, 2.45) is 0 Å². The highest BCUT2D eigenvalue weighted by atomic mass is 35.5. The molecular weight excluding hydrogens is 270 g/mol. The Morgan fingerprint density at radius 3 is 2.55 bits per heavy atom. The molecule has 0 spiro atoms. The summed E-state index contributed by atoms with van der Waals surface area (Å²) in [4.78, 5) is 0. The Kier molecular flexibility index (Phi) is 5.88. The second-order valence-corrected chi connectivity index (χ2v) is 6.02. The lowest BCUT2D eigenvalue weighted by Crippen LogP contribution is -2.44. The van der Waals surface area contributed by atoms with E-state index in [0.29, 0.717) is 0 Å². The third-order valence-electron chi connectivity index (χ3n) is 4.22. The quantitative estimate of drug-likeness (QED) is 0.785. The molecule has 2 rings (SSSR count). The summed E-state index contributed by atoms with van der Waals surface area (Å²) in [7, 11) is 0. The molecule has 0 heterocycles. The lowest BCUT2D eigenvalue weighted by molar-refractivity contribution is -0.0625. The van der Waals surface area contributed by atoms with Gasteiger partial charge in [-0.1, -0.05) is 49.6 Å². The van der Waals surface area contributed by atoms with Crippen molar-refractivity contribution in [1.29, 1.82) is 0 Å². The predicted octanol–water partition coefficient (Wildman–Crippen LogP) is 4.73. The van der Waals surface area contributed by atoms with Crippen LogP contribution >= 0.6 is 11.6 Å². The molecule has 1 atom stereocenters. The first-order valence-corrected chi connectivity index (χ1v) is 8.23. The van der Waals surface area contributed by atoms with Crippen molar-refractivity contribution in [1.82, 2.24) is 5.32 Å². The van der Waals surface area contributed by atoms with Crippen molar-refractivity contribution in [2.45, 2.75) is 57.6 Å². The molecule has 1 fully saturated rings. The number of ether oxygens (including phenoxy) is 1. The number of rotatable bonds is 7. The molecule has 0 saturated heterocycles. The van der Waals surface area contributed by atoms with Crippen LogP contribution in [0.4, 0.5) is 0 Å². The van der Waals surface area contributed by atoms with Crippen molar-refractivity contribution >= 4 is 11.6 Å². The maximum absolute atomic E-state index is 6.44. The van der Waals surface area contributed by atoms with Gasteiger partial charge in [-0.05, 0) is 44.4 Å². The Labute approximate surface area is 127 Å². The minimum absolute atomic E-state index is 0.0884. The van der Waals surface area contributed by atoms with Crippen LogP contribution in [0, 0.1) is 0 Å². The van der Waals surface area contributed by atoms with E-state index in [9.17, 15) is 0 Å².